The molecule has 0 aliphatic carbocycles. The van der Waals surface area contributed by atoms with Crippen molar-refractivity contribution in [3.05, 3.63) is 124 Å². The van der Waals surface area contributed by atoms with Crippen molar-refractivity contribution in [3.63, 3.8) is 0 Å². The van der Waals surface area contributed by atoms with E-state index in [9.17, 15) is 9.59 Å². The predicted molar refractivity (Wildman–Crippen MR) is 188 cm³/mol. The molecule has 10 nitrogen and oxygen atoms in total. The van der Waals surface area contributed by atoms with Gasteiger partial charge in [-0.25, -0.2) is 4.79 Å². The summed E-state index contributed by atoms with van der Waals surface area (Å²) in [6, 6.07) is 30.3. The van der Waals surface area contributed by atoms with Gasteiger partial charge in [-0.05, 0) is 87.4 Å². The Morgan fingerprint density at radius 1 is 0.729 bits per heavy atom. The van der Waals surface area contributed by atoms with Gasteiger partial charge < -0.3 is 34.4 Å². The van der Waals surface area contributed by atoms with Crippen LogP contribution in [0.2, 0.25) is 0 Å². The molecule has 0 saturated carbocycles. The molecule has 0 spiro atoms. The largest absolute Gasteiger partial charge is 0.497 e. The number of amides is 2. The maximum absolute atomic E-state index is 13.2. The van der Waals surface area contributed by atoms with Crippen LogP contribution in [0, 0.1) is 0 Å². The van der Waals surface area contributed by atoms with Gasteiger partial charge in [0, 0.05) is 19.5 Å². The van der Waals surface area contributed by atoms with Crippen LogP contribution in [-0.2, 0) is 40.4 Å². The van der Waals surface area contributed by atoms with E-state index < -0.39 is 6.09 Å². The van der Waals surface area contributed by atoms with Crippen LogP contribution in [0.3, 0.4) is 0 Å². The summed E-state index contributed by atoms with van der Waals surface area (Å²) < 4.78 is 22.3. The first-order chi connectivity index (χ1) is 23.4. The number of ether oxygens (including phenoxy) is 4. The van der Waals surface area contributed by atoms with Crippen molar-refractivity contribution >= 4 is 33.6 Å². The first-order valence-corrected chi connectivity index (χ1v) is 16.3. The van der Waals surface area contributed by atoms with E-state index in [4.69, 9.17) is 23.8 Å². The quantitative estimate of drug-likeness (QED) is 0.0674. The summed E-state index contributed by atoms with van der Waals surface area (Å²) in [5.74, 6) is 1.85. The average molecular weight is 719 g/mol. The highest BCUT2D eigenvalue weighted by atomic mass is 79.9. The molecule has 2 amide bonds. The second-order valence-corrected chi connectivity index (χ2v) is 11.5. The molecule has 0 aliphatic heterocycles. The number of carbonyl (C=O) groups excluding carboxylic acids is 2. The highest BCUT2D eigenvalue weighted by molar-refractivity contribution is 9.10. The highest BCUT2D eigenvalue weighted by Crippen LogP contribution is 2.26. The van der Waals surface area contributed by atoms with Gasteiger partial charge in [-0.1, -0.05) is 65.8 Å². The predicted octanol–water partition coefficient (Wildman–Crippen LogP) is 6.64. The van der Waals surface area contributed by atoms with E-state index in [0.29, 0.717) is 38.3 Å². The van der Waals surface area contributed by atoms with E-state index >= 15 is 0 Å². The Kier molecular flexibility index (Phi) is 14.6. The van der Waals surface area contributed by atoms with Crippen LogP contribution in [0.1, 0.15) is 28.7 Å². The monoisotopic (exact) mass is 717 g/mol. The molecule has 0 heterocycles. The lowest BCUT2D eigenvalue weighted by atomic mass is 10.1. The Balaban J connectivity index is 1.28. The first-order valence-electron chi connectivity index (χ1n) is 15.5. The SMILES string of the molecule is COc1ccc(CCNC(=O)/C(Cc2ccc(OCCCNC(=O)OCc3ccccc3)c(Br)c2)=N/OCc2ccc(OC)cc2)cc1. The number of nitrogens with one attached hydrogen (secondary N) is 2. The summed E-state index contributed by atoms with van der Waals surface area (Å²) in [7, 11) is 3.24. The molecule has 0 aliphatic rings. The number of hydrogen-bond acceptors (Lipinski definition) is 8. The van der Waals surface area contributed by atoms with Crippen LogP contribution in [0.5, 0.6) is 17.2 Å². The Morgan fingerprint density at radius 3 is 2.04 bits per heavy atom. The van der Waals surface area contributed by atoms with E-state index in [1.54, 1.807) is 14.2 Å². The van der Waals surface area contributed by atoms with Crippen molar-refractivity contribution in [2.75, 3.05) is 33.9 Å². The molecule has 4 rings (SSSR count). The van der Waals surface area contributed by atoms with Crippen molar-refractivity contribution in [2.24, 2.45) is 5.16 Å². The molecule has 0 atom stereocenters. The van der Waals surface area contributed by atoms with Gasteiger partial charge in [0.15, 0.2) is 0 Å². The molecule has 0 radical (unpaired) electrons. The molecular weight excluding hydrogens is 678 g/mol. The van der Waals surface area contributed by atoms with Crippen molar-refractivity contribution in [2.45, 2.75) is 32.5 Å². The number of methoxy groups -OCH3 is 2. The summed E-state index contributed by atoms with van der Waals surface area (Å²) in [5.41, 5.74) is 3.97. The van der Waals surface area contributed by atoms with Gasteiger partial charge in [-0.2, -0.15) is 0 Å². The second-order valence-electron chi connectivity index (χ2n) is 10.6. The van der Waals surface area contributed by atoms with Crippen LogP contribution >= 0.6 is 15.9 Å². The summed E-state index contributed by atoms with van der Waals surface area (Å²) in [6.07, 6.45) is 1.01. The molecular formula is C37H40BrN3O7. The highest BCUT2D eigenvalue weighted by Gasteiger charge is 2.15. The first kappa shape index (κ1) is 35.8. The van der Waals surface area contributed by atoms with E-state index in [1.807, 2.05) is 97.1 Å². The minimum Gasteiger partial charge on any atom is -0.497 e. The standard InChI is InChI=1S/C37H40BrN3O7/c1-44-31-14-9-27(10-15-31)19-21-39-36(42)34(41-48-26-29-11-16-32(45-2)17-12-29)24-30-13-18-35(33(38)23-30)46-22-6-20-40-37(43)47-25-28-7-4-3-5-8-28/h3-5,7-18,23H,6,19-22,24-26H2,1-2H3,(H,39,42)(H,40,43)/b41-34+. The fourth-order valence-corrected chi connectivity index (χ4v) is 5.00. The number of halogens is 1. The number of hydrogen-bond donors (Lipinski definition) is 2. The van der Waals surface area contributed by atoms with E-state index in [0.717, 1.165) is 38.2 Å². The molecule has 0 unspecified atom stereocenters. The smallest absolute Gasteiger partial charge is 0.407 e. The zero-order valence-corrected chi connectivity index (χ0v) is 28.7. The second kappa shape index (κ2) is 19.6. The third-order valence-electron chi connectivity index (χ3n) is 7.11. The summed E-state index contributed by atoms with van der Waals surface area (Å²) in [5, 5.41) is 9.93. The fraction of sp³-hybridized carbons (Fsp3) is 0.270. The van der Waals surface area contributed by atoms with Gasteiger partial charge in [0.05, 0.1) is 25.3 Å². The van der Waals surface area contributed by atoms with Crippen molar-refractivity contribution in [1.29, 1.82) is 0 Å². The zero-order valence-electron chi connectivity index (χ0n) is 27.1. The average Bonchev–Trinajstić information content (AvgIpc) is 3.12. The maximum atomic E-state index is 13.2. The number of nitrogens with zero attached hydrogens (tertiary/aromatic N) is 1. The molecule has 0 saturated heterocycles. The number of oxime groups is 1. The van der Waals surface area contributed by atoms with Gasteiger partial charge in [0.25, 0.3) is 5.91 Å². The fourth-order valence-electron chi connectivity index (χ4n) is 4.46. The number of alkyl carbamates (subject to hydrolysis) is 1. The normalized spacial score (nSPS) is 10.9. The van der Waals surface area contributed by atoms with Crippen LogP contribution in [-0.4, -0.2) is 51.6 Å². The Morgan fingerprint density at radius 2 is 1.38 bits per heavy atom. The molecule has 0 fully saturated rings. The lowest BCUT2D eigenvalue weighted by molar-refractivity contribution is -0.115. The topological polar surface area (TPSA) is 117 Å². The molecule has 11 heteroatoms. The van der Waals surface area contributed by atoms with E-state index in [2.05, 4.69) is 31.7 Å². The van der Waals surface area contributed by atoms with Crippen LogP contribution in [0.4, 0.5) is 4.79 Å². The van der Waals surface area contributed by atoms with Gasteiger partial charge in [-0.3, -0.25) is 4.79 Å². The minimum absolute atomic E-state index is 0.197. The molecule has 4 aromatic carbocycles. The van der Waals surface area contributed by atoms with Crippen molar-refractivity contribution in [3.8, 4) is 17.2 Å². The summed E-state index contributed by atoms with van der Waals surface area (Å²) >= 11 is 3.58. The minimum atomic E-state index is -0.473. The van der Waals surface area contributed by atoms with Crippen molar-refractivity contribution in [1.82, 2.24) is 10.6 Å². The Bertz CT molecular complexity index is 1610. The number of benzene rings is 4. The number of carbonyl (C=O) groups is 2. The van der Waals surface area contributed by atoms with Gasteiger partial charge in [0.1, 0.15) is 36.2 Å². The molecule has 48 heavy (non-hydrogen) atoms. The maximum Gasteiger partial charge on any atom is 0.407 e. The van der Waals surface area contributed by atoms with Gasteiger partial charge in [-0.15, -0.1) is 0 Å². The Labute approximate surface area is 289 Å². The van der Waals surface area contributed by atoms with E-state index in [1.165, 1.54) is 0 Å². The Hall–Kier alpha value is -5.03. The van der Waals surface area contributed by atoms with Gasteiger partial charge in [0.2, 0.25) is 0 Å². The van der Waals surface area contributed by atoms with Gasteiger partial charge >= 0.3 is 6.09 Å². The molecule has 4 aromatic rings. The molecule has 0 bridgehead atoms. The lowest BCUT2D eigenvalue weighted by Gasteiger charge is -2.12. The summed E-state index contributed by atoms with van der Waals surface area (Å²) in [4.78, 5) is 30.8. The van der Waals surface area contributed by atoms with Crippen LogP contribution in [0.25, 0.3) is 0 Å². The molecule has 0 aromatic heterocycles. The number of rotatable bonds is 18. The zero-order chi connectivity index (χ0) is 34.0. The molecule has 2 N–H and O–H groups in total. The van der Waals surface area contributed by atoms with Crippen LogP contribution < -0.4 is 24.8 Å². The lowest BCUT2D eigenvalue weighted by Crippen LogP contribution is -2.34. The van der Waals surface area contributed by atoms with E-state index in [-0.39, 0.29) is 31.3 Å². The molecule has 252 valence electrons. The van der Waals surface area contributed by atoms with Crippen molar-refractivity contribution < 1.29 is 33.4 Å². The summed E-state index contributed by atoms with van der Waals surface area (Å²) in [6.45, 7) is 1.64. The third kappa shape index (κ3) is 12.3. The van der Waals surface area contributed by atoms with Crippen LogP contribution in [0.15, 0.2) is 107 Å². The third-order valence-corrected chi connectivity index (χ3v) is 7.73.